The maximum Gasteiger partial charge on any atom is 0.234 e. The number of carbonyl (C=O) groups is 1. The first-order valence-electron chi connectivity index (χ1n) is 8.96. The molecule has 6 nitrogen and oxygen atoms in total. The lowest BCUT2D eigenvalue weighted by molar-refractivity contribution is -0.113. The number of aryl methyl sites for hydroxylation is 1. The van der Waals surface area contributed by atoms with Gasteiger partial charge < -0.3 is 9.88 Å². The van der Waals surface area contributed by atoms with Gasteiger partial charge in [-0.3, -0.25) is 9.78 Å². The third-order valence-electron chi connectivity index (χ3n) is 3.98. The van der Waals surface area contributed by atoms with Gasteiger partial charge in [-0.1, -0.05) is 25.6 Å². The maximum atomic E-state index is 13.2. The first kappa shape index (κ1) is 20.0. The molecule has 1 aromatic carbocycles. The van der Waals surface area contributed by atoms with Gasteiger partial charge in [0.15, 0.2) is 11.0 Å². The molecular weight excluding hydrogens is 377 g/mol. The number of hydrogen-bond donors (Lipinski definition) is 1. The van der Waals surface area contributed by atoms with E-state index in [-0.39, 0.29) is 17.5 Å². The minimum Gasteiger partial charge on any atom is -0.325 e. The van der Waals surface area contributed by atoms with Crippen molar-refractivity contribution in [2.24, 2.45) is 5.92 Å². The molecule has 8 heteroatoms. The van der Waals surface area contributed by atoms with Crippen molar-refractivity contribution in [1.29, 1.82) is 0 Å². The standard InChI is InChI=1S/C20H22FN5OS/c1-13(2)11-26-19(15-5-4-8-22-10-15)24-25-20(26)28-12-18(27)23-17-7-6-16(21)9-14(17)3/h4-10,13H,11-12H2,1-3H3,(H,23,27). The predicted octanol–water partition coefficient (Wildman–Crippen LogP) is 4.17. The van der Waals surface area contributed by atoms with Crippen LogP contribution in [0.5, 0.6) is 0 Å². The number of aromatic nitrogens is 4. The topological polar surface area (TPSA) is 72.7 Å². The normalized spacial score (nSPS) is 11.0. The zero-order valence-electron chi connectivity index (χ0n) is 16.0. The summed E-state index contributed by atoms with van der Waals surface area (Å²) in [6, 6.07) is 8.08. The molecule has 1 N–H and O–H groups in total. The van der Waals surface area contributed by atoms with E-state index < -0.39 is 0 Å². The Balaban J connectivity index is 1.73. The third-order valence-corrected chi connectivity index (χ3v) is 4.95. The zero-order valence-corrected chi connectivity index (χ0v) is 16.8. The summed E-state index contributed by atoms with van der Waals surface area (Å²) in [7, 11) is 0. The zero-order chi connectivity index (χ0) is 20.1. The fourth-order valence-corrected chi connectivity index (χ4v) is 3.47. The molecule has 0 radical (unpaired) electrons. The average Bonchev–Trinajstić information content (AvgIpc) is 3.05. The number of pyridine rings is 1. The van der Waals surface area contributed by atoms with Crippen molar-refractivity contribution in [2.45, 2.75) is 32.5 Å². The number of nitrogens with one attached hydrogen (secondary N) is 1. The van der Waals surface area contributed by atoms with Gasteiger partial charge in [-0.25, -0.2) is 4.39 Å². The van der Waals surface area contributed by atoms with E-state index in [1.807, 2.05) is 16.7 Å². The molecule has 2 heterocycles. The number of rotatable bonds is 7. The monoisotopic (exact) mass is 399 g/mol. The summed E-state index contributed by atoms with van der Waals surface area (Å²) >= 11 is 1.32. The second-order valence-electron chi connectivity index (χ2n) is 6.85. The van der Waals surface area contributed by atoms with Crippen molar-refractivity contribution in [3.8, 4) is 11.4 Å². The quantitative estimate of drug-likeness (QED) is 0.604. The fourth-order valence-electron chi connectivity index (χ4n) is 2.72. The molecule has 0 saturated heterocycles. The van der Waals surface area contributed by atoms with E-state index in [0.29, 0.717) is 22.3 Å². The summed E-state index contributed by atoms with van der Waals surface area (Å²) in [6.45, 7) is 6.72. The summed E-state index contributed by atoms with van der Waals surface area (Å²) < 4.78 is 15.2. The lowest BCUT2D eigenvalue weighted by Crippen LogP contribution is -2.16. The van der Waals surface area contributed by atoms with E-state index in [1.165, 1.54) is 23.9 Å². The SMILES string of the molecule is Cc1cc(F)ccc1NC(=O)CSc1nnc(-c2cccnc2)n1CC(C)C. The van der Waals surface area contributed by atoms with Crippen LogP contribution in [0.25, 0.3) is 11.4 Å². The Kier molecular flexibility index (Phi) is 6.41. The van der Waals surface area contributed by atoms with Crippen LogP contribution in [0, 0.1) is 18.7 Å². The molecule has 0 aliphatic rings. The minimum absolute atomic E-state index is 0.179. The molecule has 0 aliphatic carbocycles. The Morgan fingerprint density at radius 1 is 1.29 bits per heavy atom. The van der Waals surface area contributed by atoms with Crippen LogP contribution in [0.4, 0.5) is 10.1 Å². The van der Waals surface area contributed by atoms with Crippen LogP contribution >= 0.6 is 11.8 Å². The van der Waals surface area contributed by atoms with Gasteiger partial charge in [0.1, 0.15) is 5.82 Å². The number of hydrogen-bond acceptors (Lipinski definition) is 5. The molecule has 28 heavy (non-hydrogen) atoms. The van der Waals surface area contributed by atoms with Gasteiger partial charge in [0, 0.05) is 30.2 Å². The predicted molar refractivity (Wildman–Crippen MR) is 109 cm³/mol. The van der Waals surface area contributed by atoms with Crippen LogP contribution in [0.1, 0.15) is 19.4 Å². The second-order valence-corrected chi connectivity index (χ2v) is 7.79. The van der Waals surface area contributed by atoms with Crippen molar-refractivity contribution in [3.63, 3.8) is 0 Å². The van der Waals surface area contributed by atoms with Crippen molar-refractivity contribution in [3.05, 3.63) is 54.1 Å². The molecule has 1 amide bonds. The van der Waals surface area contributed by atoms with E-state index in [1.54, 1.807) is 25.4 Å². The van der Waals surface area contributed by atoms with Crippen LogP contribution in [0.15, 0.2) is 47.9 Å². The maximum absolute atomic E-state index is 13.2. The van der Waals surface area contributed by atoms with Crippen molar-refractivity contribution < 1.29 is 9.18 Å². The molecule has 0 unspecified atom stereocenters. The highest BCUT2D eigenvalue weighted by Crippen LogP contribution is 2.25. The number of amides is 1. The van der Waals surface area contributed by atoms with E-state index in [0.717, 1.165) is 17.9 Å². The molecule has 0 atom stereocenters. The Morgan fingerprint density at radius 2 is 2.11 bits per heavy atom. The Morgan fingerprint density at radius 3 is 2.79 bits per heavy atom. The van der Waals surface area contributed by atoms with Gasteiger partial charge in [0.05, 0.1) is 5.75 Å². The minimum atomic E-state index is -0.324. The smallest absolute Gasteiger partial charge is 0.234 e. The van der Waals surface area contributed by atoms with Gasteiger partial charge in [-0.15, -0.1) is 10.2 Å². The van der Waals surface area contributed by atoms with Crippen LogP contribution in [0.2, 0.25) is 0 Å². The van der Waals surface area contributed by atoms with Crippen LogP contribution < -0.4 is 5.32 Å². The first-order chi connectivity index (χ1) is 13.4. The Labute approximate surface area is 167 Å². The first-order valence-corrected chi connectivity index (χ1v) is 9.95. The fraction of sp³-hybridized carbons (Fsp3) is 0.300. The van der Waals surface area contributed by atoms with Gasteiger partial charge in [0.2, 0.25) is 5.91 Å². The van der Waals surface area contributed by atoms with Gasteiger partial charge in [-0.05, 0) is 48.7 Å². The van der Waals surface area contributed by atoms with E-state index >= 15 is 0 Å². The lowest BCUT2D eigenvalue weighted by Gasteiger charge is -2.12. The summed E-state index contributed by atoms with van der Waals surface area (Å²) in [6.07, 6.45) is 3.46. The summed E-state index contributed by atoms with van der Waals surface area (Å²) in [5.74, 6) is 0.803. The van der Waals surface area contributed by atoms with Crippen molar-refractivity contribution in [1.82, 2.24) is 19.7 Å². The number of carbonyl (C=O) groups excluding carboxylic acids is 1. The van der Waals surface area contributed by atoms with Gasteiger partial charge >= 0.3 is 0 Å². The molecular formula is C20H22FN5OS. The highest BCUT2D eigenvalue weighted by atomic mass is 32.2. The molecule has 0 aliphatic heterocycles. The number of thioether (sulfide) groups is 1. The van der Waals surface area contributed by atoms with Crippen molar-refractivity contribution in [2.75, 3.05) is 11.1 Å². The number of anilines is 1. The van der Waals surface area contributed by atoms with E-state index in [2.05, 4.69) is 34.3 Å². The molecule has 3 rings (SSSR count). The molecule has 146 valence electrons. The number of halogens is 1. The summed E-state index contributed by atoms with van der Waals surface area (Å²) in [4.78, 5) is 16.5. The highest BCUT2D eigenvalue weighted by Gasteiger charge is 2.17. The van der Waals surface area contributed by atoms with Crippen LogP contribution in [-0.4, -0.2) is 31.4 Å². The summed E-state index contributed by atoms with van der Waals surface area (Å²) in [5, 5.41) is 12.1. The second kappa shape index (κ2) is 8.97. The molecule has 3 aromatic rings. The van der Waals surface area contributed by atoms with Crippen molar-refractivity contribution >= 4 is 23.4 Å². The highest BCUT2D eigenvalue weighted by molar-refractivity contribution is 7.99. The Bertz CT molecular complexity index is 958. The average molecular weight is 399 g/mol. The Hall–Kier alpha value is -2.74. The van der Waals surface area contributed by atoms with Gasteiger partial charge in [-0.2, -0.15) is 0 Å². The number of benzene rings is 1. The third kappa shape index (κ3) is 4.95. The van der Waals surface area contributed by atoms with Gasteiger partial charge in [0.25, 0.3) is 0 Å². The molecule has 0 bridgehead atoms. The summed E-state index contributed by atoms with van der Waals surface area (Å²) in [5.41, 5.74) is 2.17. The van der Waals surface area contributed by atoms with E-state index in [4.69, 9.17) is 0 Å². The molecule has 2 aromatic heterocycles. The number of nitrogens with zero attached hydrogens (tertiary/aromatic N) is 4. The van der Waals surface area contributed by atoms with Crippen LogP contribution in [0.3, 0.4) is 0 Å². The van der Waals surface area contributed by atoms with E-state index in [9.17, 15) is 9.18 Å². The van der Waals surface area contributed by atoms with Crippen LogP contribution in [-0.2, 0) is 11.3 Å². The lowest BCUT2D eigenvalue weighted by atomic mass is 10.2. The molecule has 0 fully saturated rings. The largest absolute Gasteiger partial charge is 0.325 e. The molecule has 0 saturated carbocycles. The molecule has 0 spiro atoms.